The number of rotatable bonds is 6. The standard InChI is InChI=1S/C19H33N5O5/c1-10-8-14(24(9-10)17(26)11(2)20)19(28)29-12(3)15(21)18(27)23-7-5-6-13(23)16(25)22-4/h10-15H,5-9,20-21H2,1-4H3,(H,22,25)/t10-,11+,12+,13+,14+,15+/m1/s1. The largest absolute Gasteiger partial charge is 0.459 e. The van der Waals surface area contributed by atoms with E-state index in [1.165, 1.54) is 16.8 Å². The molecule has 0 aromatic rings. The van der Waals surface area contributed by atoms with Gasteiger partial charge >= 0.3 is 5.97 Å². The van der Waals surface area contributed by atoms with Crippen molar-refractivity contribution < 1.29 is 23.9 Å². The lowest BCUT2D eigenvalue weighted by Crippen LogP contribution is -2.55. The lowest BCUT2D eigenvalue weighted by Gasteiger charge is -2.30. The van der Waals surface area contributed by atoms with Crippen LogP contribution in [0.25, 0.3) is 0 Å². The molecule has 2 rings (SSSR count). The second-order valence-corrected chi connectivity index (χ2v) is 8.11. The van der Waals surface area contributed by atoms with E-state index in [-0.39, 0.29) is 17.7 Å². The van der Waals surface area contributed by atoms with Gasteiger partial charge in [-0.2, -0.15) is 0 Å². The van der Waals surface area contributed by atoms with Crippen LogP contribution in [0, 0.1) is 5.92 Å². The van der Waals surface area contributed by atoms with Crippen LogP contribution in [0.3, 0.4) is 0 Å². The van der Waals surface area contributed by atoms with Crippen molar-refractivity contribution in [2.75, 3.05) is 20.1 Å². The summed E-state index contributed by atoms with van der Waals surface area (Å²) >= 11 is 0. The summed E-state index contributed by atoms with van der Waals surface area (Å²) in [6, 6.07) is -3.11. The van der Waals surface area contributed by atoms with Gasteiger partial charge in [-0.15, -0.1) is 0 Å². The monoisotopic (exact) mass is 411 g/mol. The van der Waals surface area contributed by atoms with Crippen LogP contribution in [-0.4, -0.2) is 83.9 Å². The van der Waals surface area contributed by atoms with Gasteiger partial charge < -0.3 is 31.3 Å². The molecule has 164 valence electrons. The molecule has 10 heteroatoms. The number of nitrogens with zero attached hydrogens (tertiary/aromatic N) is 2. The van der Waals surface area contributed by atoms with E-state index in [4.69, 9.17) is 16.2 Å². The number of nitrogens with one attached hydrogen (secondary N) is 1. The maximum Gasteiger partial charge on any atom is 0.329 e. The van der Waals surface area contributed by atoms with Crippen LogP contribution in [0.2, 0.25) is 0 Å². The van der Waals surface area contributed by atoms with E-state index in [2.05, 4.69) is 5.32 Å². The Morgan fingerprint density at radius 2 is 1.72 bits per heavy atom. The molecule has 0 saturated carbocycles. The molecule has 0 aliphatic carbocycles. The van der Waals surface area contributed by atoms with Gasteiger partial charge in [0.15, 0.2) is 0 Å². The summed E-state index contributed by atoms with van der Waals surface area (Å²) in [6.45, 7) is 5.92. The Morgan fingerprint density at radius 3 is 2.31 bits per heavy atom. The van der Waals surface area contributed by atoms with E-state index in [9.17, 15) is 19.2 Å². The van der Waals surface area contributed by atoms with Gasteiger partial charge in [0.2, 0.25) is 17.7 Å². The average Bonchev–Trinajstić information content (AvgIpc) is 3.32. The molecule has 0 spiro atoms. The highest BCUT2D eigenvalue weighted by molar-refractivity contribution is 5.91. The molecule has 2 fully saturated rings. The Balaban J connectivity index is 2.01. The smallest absolute Gasteiger partial charge is 0.329 e. The van der Waals surface area contributed by atoms with Gasteiger partial charge in [0.1, 0.15) is 24.2 Å². The average molecular weight is 412 g/mol. The maximum atomic E-state index is 12.8. The van der Waals surface area contributed by atoms with Gasteiger partial charge in [0, 0.05) is 20.1 Å². The van der Waals surface area contributed by atoms with Crippen LogP contribution in [0.4, 0.5) is 0 Å². The van der Waals surface area contributed by atoms with Gasteiger partial charge in [-0.25, -0.2) is 4.79 Å². The number of likely N-dealkylation sites (N-methyl/N-ethyl adjacent to an activating group) is 1. The minimum Gasteiger partial charge on any atom is -0.459 e. The summed E-state index contributed by atoms with van der Waals surface area (Å²) in [4.78, 5) is 52.7. The van der Waals surface area contributed by atoms with Crippen LogP contribution in [0.5, 0.6) is 0 Å². The maximum absolute atomic E-state index is 12.8. The first kappa shape index (κ1) is 23.1. The number of nitrogens with two attached hydrogens (primary N) is 2. The third-order valence-electron chi connectivity index (χ3n) is 5.63. The Bertz CT molecular complexity index is 655. The minimum atomic E-state index is -1.10. The lowest BCUT2D eigenvalue weighted by atomic mass is 10.1. The van der Waals surface area contributed by atoms with Gasteiger partial charge in [0.25, 0.3) is 0 Å². The number of carbonyl (C=O) groups excluding carboxylic acids is 4. The van der Waals surface area contributed by atoms with E-state index < -0.39 is 42.1 Å². The molecular formula is C19H33N5O5. The molecule has 0 aromatic heterocycles. The number of amides is 3. The first-order valence-electron chi connectivity index (χ1n) is 10.1. The first-order chi connectivity index (χ1) is 13.6. The van der Waals surface area contributed by atoms with Gasteiger partial charge in [-0.05, 0) is 39.0 Å². The van der Waals surface area contributed by atoms with Crippen molar-refractivity contribution in [3.63, 3.8) is 0 Å². The quantitative estimate of drug-likeness (QED) is 0.454. The fourth-order valence-electron chi connectivity index (χ4n) is 3.97. The number of hydrogen-bond donors (Lipinski definition) is 3. The third-order valence-corrected chi connectivity index (χ3v) is 5.63. The van der Waals surface area contributed by atoms with Gasteiger partial charge in [-0.3, -0.25) is 14.4 Å². The van der Waals surface area contributed by atoms with Crippen LogP contribution in [0.15, 0.2) is 0 Å². The molecule has 10 nitrogen and oxygen atoms in total. The van der Waals surface area contributed by atoms with Gasteiger partial charge in [-0.1, -0.05) is 6.92 Å². The van der Waals surface area contributed by atoms with Gasteiger partial charge in [0.05, 0.1) is 6.04 Å². The Hall–Kier alpha value is -2.20. The molecule has 2 saturated heterocycles. The zero-order valence-corrected chi connectivity index (χ0v) is 17.6. The Morgan fingerprint density at radius 1 is 1.07 bits per heavy atom. The van der Waals surface area contributed by atoms with Crippen molar-refractivity contribution in [2.24, 2.45) is 17.4 Å². The SMILES string of the molecule is CNC(=O)[C@@H]1CCCN1C(=O)[C@@H](N)[C@H](C)OC(=O)[C@@H]1C[C@@H](C)CN1C(=O)[C@H](C)N. The second kappa shape index (κ2) is 9.53. The predicted octanol–water partition coefficient (Wildman–Crippen LogP) is -1.43. The molecule has 2 aliphatic rings. The number of hydrogen-bond acceptors (Lipinski definition) is 7. The van der Waals surface area contributed by atoms with E-state index in [0.29, 0.717) is 32.4 Å². The highest BCUT2D eigenvalue weighted by Gasteiger charge is 2.42. The van der Waals surface area contributed by atoms with E-state index in [0.717, 1.165) is 0 Å². The highest BCUT2D eigenvalue weighted by Crippen LogP contribution is 2.25. The molecule has 0 bridgehead atoms. The van der Waals surface area contributed by atoms with Crippen molar-refractivity contribution in [1.82, 2.24) is 15.1 Å². The van der Waals surface area contributed by atoms with E-state index in [1.807, 2.05) is 6.92 Å². The summed E-state index contributed by atoms with van der Waals surface area (Å²) in [6.07, 6.45) is 0.849. The van der Waals surface area contributed by atoms with Crippen molar-refractivity contribution >= 4 is 23.7 Å². The minimum absolute atomic E-state index is 0.138. The molecule has 29 heavy (non-hydrogen) atoms. The fraction of sp³-hybridized carbons (Fsp3) is 0.789. The summed E-state index contributed by atoms with van der Waals surface area (Å²) < 4.78 is 5.46. The summed E-state index contributed by atoms with van der Waals surface area (Å²) in [5, 5.41) is 2.55. The van der Waals surface area contributed by atoms with Crippen molar-refractivity contribution in [2.45, 2.75) is 70.3 Å². The number of likely N-dealkylation sites (tertiary alicyclic amines) is 2. The molecule has 5 N–H and O–H groups in total. The van der Waals surface area contributed by atoms with Crippen LogP contribution in [-0.2, 0) is 23.9 Å². The summed E-state index contributed by atoms with van der Waals surface area (Å²) in [5.41, 5.74) is 11.7. The Kier molecular flexibility index (Phi) is 7.59. The topological polar surface area (TPSA) is 148 Å². The molecule has 3 amide bonds. The van der Waals surface area contributed by atoms with Crippen molar-refractivity contribution in [3.8, 4) is 0 Å². The zero-order valence-electron chi connectivity index (χ0n) is 17.6. The third kappa shape index (κ3) is 5.05. The van der Waals surface area contributed by atoms with Crippen LogP contribution < -0.4 is 16.8 Å². The number of carbonyl (C=O) groups is 4. The van der Waals surface area contributed by atoms with E-state index in [1.54, 1.807) is 13.8 Å². The summed E-state index contributed by atoms with van der Waals surface area (Å²) in [7, 11) is 1.52. The fourth-order valence-corrected chi connectivity index (χ4v) is 3.97. The van der Waals surface area contributed by atoms with Crippen LogP contribution >= 0.6 is 0 Å². The lowest BCUT2D eigenvalue weighted by molar-refractivity contribution is -0.160. The van der Waals surface area contributed by atoms with E-state index >= 15 is 0 Å². The highest BCUT2D eigenvalue weighted by atomic mass is 16.5. The number of ether oxygens (including phenoxy) is 1. The molecular weight excluding hydrogens is 378 g/mol. The van der Waals surface area contributed by atoms with Crippen molar-refractivity contribution in [3.05, 3.63) is 0 Å². The molecule has 6 atom stereocenters. The summed E-state index contributed by atoms with van der Waals surface area (Å²) in [5.74, 6) is -1.44. The van der Waals surface area contributed by atoms with Crippen molar-refractivity contribution in [1.29, 1.82) is 0 Å². The zero-order chi connectivity index (χ0) is 21.9. The molecule has 0 unspecified atom stereocenters. The Labute approximate surface area is 171 Å². The molecule has 2 heterocycles. The molecule has 2 aliphatic heterocycles. The molecule has 0 radical (unpaired) electrons. The molecule has 0 aromatic carbocycles. The normalized spacial score (nSPS) is 27.3. The second-order valence-electron chi connectivity index (χ2n) is 8.11. The number of esters is 1. The van der Waals surface area contributed by atoms with Crippen LogP contribution in [0.1, 0.15) is 40.0 Å². The first-order valence-corrected chi connectivity index (χ1v) is 10.1. The predicted molar refractivity (Wildman–Crippen MR) is 105 cm³/mol.